The Bertz CT molecular complexity index is 963. The molecule has 0 saturated heterocycles. The zero-order chi connectivity index (χ0) is 22.4. The smallest absolute Gasteiger partial charge is 0.331 e. The van der Waals surface area contributed by atoms with E-state index in [4.69, 9.17) is 34.8 Å². The maximum Gasteiger partial charge on any atom is 0.336 e. The van der Waals surface area contributed by atoms with Crippen LogP contribution in [0.4, 0.5) is 10.7 Å². The lowest BCUT2D eigenvalue weighted by atomic mass is 9.90. The number of anilines is 1. The van der Waals surface area contributed by atoms with Gasteiger partial charge < -0.3 is 5.32 Å². The molecule has 1 unspecified atom stereocenters. The lowest BCUT2D eigenvalue weighted by Gasteiger charge is -2.33. The van der Waals surface area contributed by atoms with Crippen LogP contribution in [0.5, 0.6) is 0 Å². The number of carbonyl (C=O) groups is 2. The first-order valence-electron chi connectivity index (χ1n) is 8.89. The normalized spacial score (nSPS) is 12.3. The molecule has 3 aromatic rings. The first-order valence-corrected chi connectivity index (χ1v) is 10.4. The second-order valence-electron chi connectivity index (χ2n) is 6.30. The second kappa shape index (κ2) is 10.2. The molecule has 162 valence electrons. The molecule has 0 bridgehead atoms. The lowest BCUT2D eigenvalue weighted by molar-refractivity contribution is -0.122. The summed E-state index contributed by atoms with van der Waals surface area (Å²) >= 11 is 22.3. The second-order valence-corrected chi connectivity index (χ2v) is 9.10. The SMILES string of the molecule is O=C(NC(N(S)C(=O)Nc1nc[nH]n1)C(Cl)(Cl)Cl)C(c1ccccc1)c1ccccc1. The van der Waals surface area contributed by atoms with E-state index in [1.165, 1.54) is 6.33 Å². The minimum Gasteiger partial charge on any atom is -0.331 e. The van der Waals surface area contributed by atoms with Crippen molar-refractivity contribution in [3.05, 3.63) is 78.1 Å². The zero-order valence-electron chi connectivity index (χ0n) is 15.7. The number of thiol groups is 1. The fourth-order valence-electron chi connectivity index (χ4n) is 2.83. The molecule has 0 radical (unpaired) electrons. The number of alkyl halides is 3. The molecule has 31 heavy (non-hydrogen) atoms. The Kier molecular flexibility index (Phi) is 7.66. The number of carbonyl (C=O) groups excluding carboxylic acids is 2. The first kappa shape index (κ1) is 23.2. The Morgan fingerprint density at radius 2 is 1.55 bits per heavy atom. The highest BCUT2D eigenvalue weighted by Crippen LogP contribution is 2.34. The number of benzene rings is 2. The van der Waals surface area contributed by atoms with Crippen LogP contribution < -0.4 is 10.6 Å². The van der Waals surface area contributed by atoms with Crippen LogP contribution in [0, 0.1) is 0 Å². The van der Waals surface area contributed by atoms with Crippen LogP contribution in [0.1, 0.15) is 17.0 Å². The van der Waals surface area contributed by atoms with E-state index >= 15 is 0 Å². The fraction of sp³-hybridized carbons (Fsp3) is 0.158. The molecule has 1 atom stereocenters. The third-order valence-electron chi connectivity index (χ3n) is 4.20. The molecule has 2 aromatic carbocycles. The van der Waals surface area contributed by atoms with Crippen molar-refractivity contribution in [3.8, 4) is 0 Å². The number of hydrogen-bond acceptors (Lipinski definition) is 5. The Morgan fingerprint density at radius 1 is 1.00 bits per heavy atom. The van der Waals surface area contributed by atoms with E-state index in [0.717, 1.165) is 15.4 Å². The van der Waals surface area contributed by atoms with E-state index in [0.29, 0.717) is 0 Å². The number of aromatic amines is 1. The summed E-state index contributed by atoms with van der Waals surface area (Å²) in [5.74, 6) is -1.21. The highest BCUT2D eigenvalue weighted by Gasteiger charge is 2.41. The van der Waals surface area contributed by atoms with Gasteiger partial charge in [0, 0.05) is 0 Å². The maximum absolute atomic E-state index is 13.3. The van der Waals surface area contributed by atoms with E-state index in [1.807, 2.05) is 60.7 Å². The molecule has 1 aromatic heterocycles. The van der Waals surface area contributed by atoms with Crippen molar-refractivity contribution < 1.29 is 9.59 Å². The van der Waals surface area contributed by atoms with Crippen molar-refractivity contribution in [1.82, 2.24) is 24.8 Å². The summed E-state index contributed by atoms with van der Waals surface area (Å²) in [6.07, 6.45) is -0.140. The van der Waals surface area contributed by atoms with E-state index in [9.17, 15) is 9.59 Å². The van der Waals surface area contributed by atoms with Crippen LogP contribution in [0.3, 0.4) is 0 Å². The minimum atomic E-state index is -2.09. The Labute approximate surface area is 198 Å². The molecule has 12 heteroatoms. The standard InChI is InChI=1S/C19H17Cl3N6O2S/c20-19(21,22)16(28(31)18(30)26-17-23-11-24-27-17)25-15(29)14(12-7-3-1-4-8-12)13-9-5-2-6-10-13/h1-11,14,16,31H,(H,25,29)(H2,23,24,26,27,30). The van der Waals surface area contributed by atoms with Gasteiger partial charge >= 0.3 is 6.03 Å². The number of urea groups is 1. The van der Waals surface area contributed by atoms with Gasteiger partial charge in [0.25, 0.3) is 0 Å². The number of aromatic nitrogens is 3. The quantitative estimate of drug-likeness (QED) is 0.233. The van der Waals surface area contributed by atoms with Gasteiger partial charge in [0.05, 0.1) is 5.92 Å². The molecule has 8 nitrogen and oxygen atoms in total. The van der Waals surface area contributed by atoms with Crippen molar-refractivity contribution in [2.45, 2.75) is 15.9 Å². The van der Waals surface area contributed by atoms with E-state index in [2.05, 4.69) is 38.6 Å². The van der Waals surface area contributed by atoms with Gasteiger partial charge in [-0.1, -0.05) is 108 Å². The maximum atomic E-state index is 13.3. The van der Waals surface area contributed by atoms with Gasteiger partial charge in [-0.15, -0.1) is 5.10 Å². The first-order chi connectivity index (χ1) is 14.8. The summed E-state index contributed by atoms with van der Waals surface area (Å²) in [5, 5.41) is 11.2. The third-order valence-corrected chi connectivity index (χ3v) is 5.24. The molecular weight excluding hydrogens is 483 g/mol. The lowest BCUT2D eigenvalue weighted by Crippen LogP contribution is -2.55. The van der Waals surface area contributed by atoms with E-state index in [-0.39, 0.29) is 5.95 Å². The van der Waals surface area contributed by atoms with E-state index < -0.39 is 27.8 Å². The largest absolute Gasteiger partial charge is 0.336 e. The number of hydrogen-bond donors (Lipinski definition) is 4. The van der Waals surface area contributed by atoms with E-state index in [1.54, 1.807) is 0 Å². The van der Waals surface area contributed by atoms with Crippen LogP contribution >= 0.6 is 47.6 Å². The van der Waals surface area contributed by atoms with Crippen molar-refractivity contribution >= 4 is 65.5 Å². The Morgan fingerprint density at radius 3 is 2.00 bits per heavy atom. The molecule has 0 aliphatic carbocycles. The molecule has 0 aliphatic rings. The number of amides is 3. The van der Waals surface area contributed by atoms with Crippen molar-refractivity contribution in [2.75, 3.05) is 5.32 Å². The van der Waals surface area contributed by atoms with Crippen LogP contribution in [-0.4, -0.2) is 41.4 Å². The number of nitrogens with zero attached hydrogens (tertiary/aromatic N) is 3. The molecule has 3 N–H and O–H groups in total. The topological polar surface area (TPSA) is 103 Å². The predicted octanol–water partition coefficient (Wildman–Crippen LogP) is 4.13. The van der Waals surface area contributed by atoms with Crippen molar-refractivity contribution in [2.24, 2.45) is 0 Å². The third kappa shape index (κ3) is 6.04. The predicted molar refractivity (Wildman–Crippen MR) is 123 cm³/mol. The summed E-state index contributed by atoms with van der Waals surface area (Å²) in [7, 11) is 0. The Balaban J connectivity index is 1.86. The number of rotatable bonds is 6. The van der Waals surface area contributed by atoms with Crippen LogP contribution in [0.15, 0.2) is 67.0 Å². The van der Waals surface area contributed by atoms with Crippen LogP contribution in [0.2, 0.25) is 0 Å². The summed E-state index contributed by atoms with van der Waals surface area (Å²) in [4.78, 5) is 29.6. The average molecular weight is 500 g/mol. The van der Waals surface area contributed by atoms with Gasteiger partial charge in [0.2, 0.25) is 15.6 Å². The molecular formula is C19H17Cl3N6O2S. The fourth-order valence-corrected chi connectivity index (χ4v) is 3.77. The molecule has 0 aliphatic heterocycles. The highest BCUT2D eigenvalue weighted by molar-refractivity contribution is 7.78. The molecule has 3 rings (SSSR count). The van der Waals surface area contributed by atoms with Gasteiger partial charge in [-0.3, -0.25) is 15.2 Å². The molecule has 0 fully saturated rings. The number of halogens is 3. The summed E-state index contributed by atoms with van der Waals surface area (Å²) < 4.78 is -1.33. The number of nitrogens with one attached hydrogen (secondary N) is 3. The van der Waals surface area contributed by atoms with Crippen molar-refractivity contribution in [3.63, 3.8) is 0 Å². The van der Waals surface area contributed by atoms with Crippen LogP contribution in [-0.2, 0) is 4.79 Å². The van der Waals surface area contributed by atoms with Gasteiger partial charge in [0.15, 0.2) is 6.17 Å². The molecule has 0 spiro atoms. The van der Waals surface area contributed by atoms with Crippen LogP contribution in [0.25, 0.3) is 0 Å². The molecule has 0 saturated carbocycles. The Hall–Kier alpha value is -2.46. The summed E-state index contributed by atoms with van der Waals surface area (Å²) in [5.41, 5.74) is 1.45. The summed E-state index contributed by atoms with van der Waals surface area (Å²) in [6.45, 7) is 0. The highest BCUT2D eigenvalue weighted by atomic mass is 35.6. The van der Waals surface area contributed by atoms with Gasteiger partial charge in [-0.25, -0.2) is 14.1 Å². The van der Waals surface area contributed by atoms with Gasteiger partial charge in [-0.2, -0.15) is 0 Å². The average Bonchev–Trinajstić information content (AvgIpc) is 3.25. The van der Waals surface area contributed by atoms with Gasteiger partial charge in [-0.05, 0) is 11.1 Å². The van der Waals surface area contributed by atoms with Gasteiger partial charge in [0.1, 0.15) is 6.33 Å². The zero-order valence-corrected chi connectivity index (χ0v) is 18.9. The molecule has 1 heterocycles. The molecule has 3 amide bonds. The van der Waals surface area contributed by atoms with Crippen molar-refractivity contribution in [1.29, 1.82) is 0 Å². The number of H-pyrrole nitrogens is 1. The summed E-state index contributed by atoms with van der Waals surface area (Å²) in [6, 6.07) is 17.4. The monoisotopic (exact) mass is 498 g/mol. The minimum absolute atomic E-state index is 0.00936.